The van der Waals surface area contributed by atoms with Crippen LogP contribution in [0, 0.1) is 0 Å². The Morgan fingerprint density at radius 3 is 2.67 bits per heavy atom. The maximum atomic E-state index is 10.9. The second kappa shape index (κ2) is 3.28. The monoisotopic (exact) mass is 207 g/mol. The lowest BCUT2D eigenvalue weighted by Gasteiger charge is -2.02. The first-order valence-corrected chi connectivity index (χ1v) is 5.29. The molecule has 0 aliphatic heterocycles. The van der Waals surface area contributed by atoms with E-state index in [1.807, 2.05) is 0 Å². The highest BCUT2D eigenvalue weighted by Crippen LogP contribution is 2.24. The van der Waals surface area contributed by atoms with E-state index < -0.39 is 9.05 Å². The summed E-state index contributed by atoms with van der Waals surface area (Å²) in [5.41, 5.74) is 0. The summed E-state index contributed by atoms with van der Waals surface area (Å²) in [7, 11) is 2.72. The quantitative estimate of drug-likeness (QED) is 0.680. The van der Waals surface area contributed by atoms with Crippen LogP contribution < -0.4 is 4.74 Å². The summed E-state index contributed by atoms with van der Waals surface area (Å²) in [6, 6.07) is 1.28. The highest BCUT2D eigenvalue weighted by Gasteiger charge is 2.15. The number of hydrogen-bond donors (Lipinski definition) is 0. The summed E-state index contributed by atoms with van der Waals surface area (Å²) in [4.78, 5) is 3.61. The molecule has 6 heteroatoms. The molecule has 0 atom stereocenters. The summed E-state index contributed by atoms with van der Waals surface area (Å²) in [5.74, 6) is 0.146. The molecule has 1 heterocycles. The third-order valence-electron chi connectivity index (χ3n) is 1.23. The minimum absolute atomic E-state index is 0.0679. The fraction of sp³-hybridized carbons (Fsp3) is 0.167. The maximum Gasteiger partial charge on any atom is 0.265 e. The zero-order valence-electron chi connectivity index (χ0n) is 6.19. The molecule has 1 aromatic heterocycles. The van der Waals surface area contributed by atoms with Crippen LogP contribution in [0.15, 0.2) is 23.4 Å². The first kappa shape index (κ1) is 9.28. The normalized spacial score (nSPS) is 11.2. The van der Waals surface area contributed by atoms with Crippen LogP contribution in [0.25, 0.3) is 0 Å². The predicted molar refractivity (Wildman–Crippen MR) is 43.8 cm³/mol. The van der Waals surface area contributed by atoms with Crippen molar-refractivity contribution in [3.8, 4) is 5.75 Å². The van der Waals surface area contributed by atoms with Gasteiger partial charge in [0.05, 0.1) is 13.3 Å². The first-order valence-electron chi connectivity index (χ1n) is 2.98. The molecule has 0 aliphatic carbocycles. The van der Waals surface area contributed by atoms with Gasteiger partial charge >= 0.3 is 0 Å². The summed E-state index contributed by atoms with van der Waals surface area (Å²) in [5, 5.41) is 0. The lowest BCUT2D eigenvalue weighted by atomic mass is 10.5. The molecular formula is C6H6ClNO3S. The van der Waals surface area contributed by atoms with Gasteiger partial charge < -0.3 is 4.74 Å². The van der Waals surface area contributed by atoms with E-state index >= 15 is 0 Å². The van der Waals surface area contributed by atoms with Crippen LogP contribution in [0.4, 0.5) is 0 Å². The lowest BCUT2D eigenvalue weighted by Crippen LogP contribution is -1.96. The Bertz CT molecular complexity index is 376. The summed E-state index contributed by atoms with van der Waals surface area (Å²) in [6.45, 7) is 0. The van der Waals surface area contributed by atoms with Crippen LogP contribution in [0.3, 0.4) is 0 Å². The van der Waals surface area contributed by atoms with E-state index in [4.69, 9.17) is 15.4 Å². The molecule has 4 nitrogen and oxygen atoms in total. The average Bonchev–Trinajstić information content (AvgIpc) is 2.03. The molecule has 0 N–H and O–H groups in total. The Morgan fingerprint density at radius 2 is 2.25 bits per heavy atom. The molecule has 0 fully saturated rings. The molecule has 0 spiro atoms. The largest absolute Gasteiger partial charge is 0.494 e. The highest BCUT2D eigenvalue weighted by atomic mass is 35.7. The van der Waals surface area contributed by atoms with Gasteiger partial charge in [0.15, 0.2) is 5.75 Å². The van der Waals surface area contributed by atoms with Gasteiger partial charge in [-0.1, -0.05) is 0 Å². The molecule has 0 bridgehead atoms. The number of nitrogens with zero attached hydrogens (tertiary/aromatic N) is 1. The Hall–Kier alpha value is -0.810. The van der Waals surface area contributed by atoms with Crippen LogP contribution in [-0.4, -0.2) is 20.5 Å². The van der Waals surface area contributed by atoms with Crippen molar-refractivity contribution in [2.45, 2.75) is 4.90 Å². The van der Waals surface area contributed by atoms with Crippen LogP contribution >= 0.6 is 10.7 Å². The topological polar surface area (TPSA) is 56.3 Å². The number of rotatable bonds is 2. The third kappa shape index (κ3) is 1.86. The van der Waals surface area contributed by atoms with E-state index in [-0.39, 0.29) is 10.6 Å². The molecule has 0 unspecified atom stereocenters. The van der Waals surface area contributed by atoms with Crippen molar-refractivity contribution in [3.63, 3.8) is 0 Å². The van der Waals surface area contributed by atoms with Crippen molar-refractivity contribution >= 4 is 19.7 Å². The Morgan fingerprint density at radius 1 is 1.58 bits per heavy atom. The van der Waals surface area contributed by atoms with Gasteiger partial charge in [-0.3, -0.25) is 4.98 Å². The van der Waals surface area contributed by atoms with Gasteiger partial charge in [-0.05, 0) is 6.07 Å². The number of aromatic nitrogens is 1. The van der Waals surface area contributed by atoms with E-state index in [0.29, 0.717) is 0 Å². The minimum atomic E-state index is -3.74. The summed E-state index contributed by atoms with van der Waals surface area (Å²) < 4.78 is 26.5. The van der Waals surface area contributed by atoms with Gasteiger partial charge in [0.1, 0.15) is 4.90 Å². The van der Waals surface area contributed by atoms with E-state index in [1.165, 1.54) is 25.6 Å². The van der Waals surface area contributed by atoms with E-state index in [1.54, 1.807) is 0 Å². The molecule has 0 saturated carbocycles. The summed E-state index contributed by atoms with van der Waals surface area (Å²) >= 11 is 0. The molecule has 0 aromatic carbocycles. The van der Waals surface area contributed by atoms with Crippen molar-refractivity contribution in [2.24, 2.45) is 0 Å². The van der Waals surface area contributed by atoms with Crippen molar-refractivity contribution in [1.29, 1.82) is 0 Å². The molecular weight excluding hydrogens is 202 g/mol. The Labute approximate surface area is 74.6 Å². The maximum absolute atomic E-state index is 10.9. The zero-order chi connectivity index (χ0) is 9.19. The van der Waals surface area contributed by atoms with Crippen molar-refractivity contribution in [1.82, 2.24) is 4.98 Å². The predicted octanol–water partition coefficient (Wildman–Crippen LogP) is 1.02. The lowest BCUT2D eigenvalue weighted by molar-refractivity contribution is 0.401. The van der Waals surface area contributed by atoms with E-state index in [9.17, 15) is 8.42 Å². The standard InChI is InChI=1S/C6H6ClNO3S/c1-11-5-4-8-3-2-6(5)12(7,9)10/h2-4H,1H3. The number of methoxy groups -OCH3 is 1. The molecule has 1 rings (SSSR count). The van der Waals surface area contributed by atoms with Crippen LogP contribution in [0.5, 0.6) is 5.75 Å². The van der Waals surface area contributed by atoms with Gasteiger partial charge in [-0.25, -0.2) is 8.42 Å². The molecule has 0 aliphatic rings. The fourth-order valence-corrected chi connectivity index (χ4v) is 1.70. The Balaban J connectivity index is 3.33. The number of pyridine rings is 1. The third-order valence-corrected chi connectivity index (χ3v) is 2.59. The van der Waals surface area contributed by atoms with Crippen LogP contribution in [0.1, 0.15) is 0 Å². The average molecular weight is 208 g/mol. The number of hydrogen-bond acceptors (Lipinski definition) is 4. The summed E-state index contributed by atoms with van der Waals surface area (Å²) in [6.07, 6.45) is 2.62. The van der Waals surface area contributed by atoms with Crippen molar-refractivity contribution in [3.05, 3.63) is 18.5 Å². The molecule has 0 amide bonds. The molecule has 66 valence electrons. The van der Waals surface area contributed by atoms with Gasteiger partial charge in [-0.2, -0.15) is 0 Å². The minimum Gasteiger partial charge on any atom is -0.494 e. The molecule has 12 heavy (non-hydrogen) atoms. The van der Waals surface area contributed by atoms with E-state index in [2.05, 4.69) is 4.98 Å². The fourth-order valence-electron chi connectivity index (χ4n) is 0.722. The second-order valence-corrected chi connectivity index (χ2v) is 4.50. The van der Waals surface area contributed by atoms with Crippen LogP contribution in [0.2, 0.25) is 0 Å². The molecule has 0 radical (unpaired) electrons. The van der Waals surface area contributed by atoms with Crippen LogP contribution in [-0.2, 0) is 9.05 Å². The van der Waals surface area contributed by atoms with Gasteiger partial charge in [-0.15, -0.1) is 0 Å². The SMILES string of the molecule is COc1cnccc1S(=O)(=O)Cl. The van der Waals surface area contributed by atoms with E-state index in [0.717, 1.165) is 0 Å². The van der Waals surface area contributed by atoms with Gasteiger partial charge in [0, 0.05) is 16.9 Å². The van der Waals surface area contributed by atoms with Gasteiger partial charge in [0.2, 0.25) is 0 Å². The van der Waals surface area contributed by atoms with Crippen molar-refractivity contribution < 1.29 is 13.2 Å². The van der Waals surface area contributed by atoms with Gasteiger partial charge in [0.25, 0.3) is 9.05 Å². The Kier molecular flexibility index (Phi) is 2.54. The zero-order valence-corrected chi connectivity index (χ0v) is 7.76. The number of ether oxygens (including phenoxy) is 1. The molecule has 0 saturated heterocycles. The smallest absolute Gasteiger partial charge is 0.265 e. The second-order valence-electron chi connectivity index (χ2n) is 1.96. The number of halogens is 1. The highest BCUT2D eigenvalue weighted by molar-refractivity contribution is 8.13. The first-order chi connectivity index (χ1) is 5.55. The molecule has 1 aromatic rings. The van der Waals surface area contributed by atoms with Crippen molar-refractivity contribution in [2.75, 3.05) is 7.11 Å².